The number of allylic oxidation sites excluding steroid dienone is 2. The standard InChI is InChI=1S/C10H15NO/c12-10(8-2-1-3-8)9-4-6-11-7-5-9/h2,9,11H,1,3-7H2. The summed E-state index contributed by atoms with van der Waals surface area (Å²) in [7, 11) is 0. The van der Waals surface area contributed by atoms with Gasteiger partial charge in [0.2, 0.25) is 0 Å². The van der Waals surface area contributed by atoms with Crippen molar-refractivity contribution in [2.45, 2.75) is 25.7 Å². The van der Waals surface area contributed by atoms with Gasteiger partial charge in [0.05, 0.1) is 0 Å². The van der Waals surface area contributed by atoms with Gasteiger partial charge in [0.15, 0.2) is 5.78 Å². The minimum atomic E-state index is 0.331. The zero-order valence-corrected chi connectivity index (χ0v) is 7.31. The van der Waals surface area contributed by atoms with Gasteiger partial charge in [-0.15, -0.1) is 0 Å². The number of carbonyl (C=O) groups excluding carboxylic acids is 1. The van der Waals surface area contributed by atoms with Gasteiger partial charge in [0.1, 0.15) is 0 Å². The first-order valence-corrected chi connectivity index (χ1v) is 4.82. The molecule has 1 heterocycles. The van der Waals surface area contributed by atoms with Crippen molar-refractivity contribution in [3.05, 3.63) is 11.6 Å². The number of nitrogens with one attached hydrogen (secondary N) is 1. The second kappa shape index (κ2) is 3.40. The van der Waals surface area contributed by atoms with Gasteiger partial charge in [-0.2, -0.15) is 0 Å². The van der Waals surface area contributed by atoms with Crippen LogP contribution in [0, 0.1) is 5.92 Å². The van der Waals surface area contributed by atoms with E-state index in [0.717, 1.165) is 44.3 Å². The molecule has 0 amide bonds. The molecule has 1 aliphatic heterocycles. The Hall–Kier alpha value is -0.630. The Bertz CT molecular complexity index is 214. The molecule has 2 heteroatoms. The van der Waals surface area contributed by atoms with Gasteiger partial charge in [-0.1, -0.05) is 6.08 Å². The molecule has 0 bridgehead atoms. The quantitative estimate of drug-likeness (QED) is 0.667. The molecule has 0 unspecified atom stereocenters. The van der Waals surface area contributed by atoms with Gasteiger partial charge in [-0.05, 0) is 44.3 Å². The van der Waals surface area contributed by atoms with Crippen LogP contribution in [0.3, 0.4) is 0 Å². The Labute approximate surface area is 73.0 Å². The lowest BCUT2D eigenvalue weighted by molar-refractivity contribution is -0.120. The predicted molar refractivity (Wildman–Crippen MR) is 47.9 cm³/mol. The number of piperidine rings is 1. The fourth-order valence-corrected chi connectivity index (χ4v) is 1.86. The Balaban J connectivity index is 1.93. The first-order valence-electron chi connectivity index (χ1n) is 4.82. The van der Waals surface area contributed by atoms with Gasteiger partial charge in [0.25, 0.3) is 0 Å². The van der Waals surface area contributed by atoms with Gasteiger partial charge in [-0.25, -0.2) is 0 Å². The van der Waals surface area contributed by atoms with Gasteiger partial charge in [0, 0.05) is 5.92 Å². The highest BCUT2D eigenvalue weighted by Gasteiger charge is 2.25. The Morgan fingerprint density at radius 3 is 2.58 bits per heavy atom. The summed E-state index contributed by atoms with van der Waals surface area (Å²) < 4.78 is 0. The number of carbonyl (C=O) groups is 1. The molecule has 2 aliphatic rings. The SMILES string of the molecule is O=C(C1=CCC1)C1CCNCC1. The van der Waals surface area contributed by atoms with Gasteiger partial charge in [-0.3, -0.25) is 4.79 Å². The van der Waals surface area contributed by atoms with Crippen LogP contribution in [-0.2, 0) is 4.79 Å². The zero-order chi connectivity index (χ0) is 8.39. The molecule has 1 aliphatic carbocycles. The summed E-state index contributed by atoms with van der Waals surface area (Å²) in [5, 5.41) is 3.27. The average Bonchev–Trinajstić information content (AvgIpc) is 2.03. The Morgan fingerprint density at radius 2 is 2.08 bits per heavy atom. The third-order valence-electron chi connectivity index (χ3n) is 2.83. The fourth-order valence-electron chi connectivity index (χ4n) is 1.86. The minimum Gasteiger partial charge on any atom is -0.317 e. The second-order valence-corrected chi connectivity index (χ2v) is 3.66. The highest BCUT2D eigenvalue weighted by molar-refractivity contribution is 5.98. The maximum absolute atomic E-state index is 11.7. The molecule has 0 aromatic rings. The van der Waals surface area contributed by atoms with Crippen molar-refractivity contribution in [2.75, 3.05) is 13.1 Å². The highest BCUT2D eigenvalue weighted by Crippen LogP contribution is 2.25. The maximum Gasteiger partial charge on any atom is 0.161 e. The van der Waals surface area contributed by atoms with Crippen molar-refractivity contribution >= 4 is 5.78 Å². The molecule has 1 N–H and O–H groups in total. The van der Waals surface area contributed by atoms with Crippen LogP contribution in [-0.4, -0.2) is 18.9 Å². The predicted octanol–water partition coefficient (Wildman–Crippen LogP) is 1.28. The van der Waals surface area contributed by atoms with Crippen LogP contribution >= 0.6 is 0 Å². The number of ketones is 1. The molecule has 0 aromatic carbocycles. The zero-order valence-electron chi connectivity index (χ0n) is 7.31. The van der Waals surface area contributed by atoms with Crippen LogP contribution in [0.5, 0.6) is 0 Å². The molecule has 0 aromatic heterocycles. The molecule has 2 nitrogen and oxygen atoms in total. The lowest BCUT2D eigenvalue weighted by Crippen LogP contribution is -2.33. The summed E-state index contributed by atoms with van der Waals surface area (Å²) >= 11 is 0. The summed E-state index contributed by atoms with van der Waals surface area (Å²) in [6.45, 7) is 2.04. The van der Waals surface area contributed by atoms with E-state index in [9.17, 15) is 4.79 Å². The molecule has 0 radical (unpaired) electrons. The second-order valence-electron chi connectivity index (χ2n) is 3.66. The van der Waals surface area contributed by atoms with Crippen molar-refractivity contribution in [3.8, 4) is 0 Å². The normalized spacial score (nSPS) is 24.5. The van der Waals surface area contributed by atoms with E-state index in [-0.39, 0.29) is 0 Å². The van der Waals surface area contributed by atoms with E-state index < -0.39 is 0 Å². The minimum absolute atomic E-state index is 0.331. The van der Waals surface area contributed by atoms with Crippen LogP contribution in [0.1, 0.15) is 25.7 Å². The third-order valence-corrected chi connectivity index (χ3v) is 2.83. The largest absolute Gasteiger partial charge is 0.317 e. The molecular weight excluding hydrogens is 150 g/mol. The molecule has 2 rings (SSSR count). The number of hydrogen-bond acceptors (Lipinski definition) is 2. The van der Waals surface area contributed by atoms with Crippen molar-refractivity contribution < 1.29 is 4.79 Å². The van der Waals surface area contributed by atoms with Crippen molar-refractivity contribution in [1.82, 2.24) is 5.32 Å². The topological polar surface area (TPSA) is 29.1 Å². The lowest BCUT2D eigenvalue weighted by Gasteiger charge is -2.24. The average molecular weight is 165 g/mol. The van der Waals surface area contributed by atoms with Crippen LogP contribution in [0.2, 0.25) is 0 Å². The smallest absolute Gasteiger partial charge is 0.161 e. The summed E-state index contributed by atoms with van der Waals surface area (Å²) in [6, 6.07) is 0. The van der Waals surface area contributed by atoms with Gasteiger partial charge < -0.3 is 5.32 Å². The molecule has 12 heavy (non-hydrogen) atoms. The summed E-state index contributed by atoms with van der Waals surface area (Å²) in [5.41, 5.74) is 1.10. The van der Waals surface area contributed by atoms with Crippen molar-refractivity contribution in [2.24, 2.45) is 5.92 Å². The number of rotatable bonds is 2. The molecule has 0 saturated carbocycles. The van der Waals surface area contributed by atoms with Crippen LogP contribution < -0.4 is 5.32 Å². The van der Waals surface area contributed by atoms with E-state index in [0.29, 0.717) is 11.7 Å². The van der Waals surface area contributed by atoms with Crippen molar-refractivity contribution in [3.63, 3.8) is 0 Å². The molecular formula is C10H15NO. The Kier molecular flexibility index (Phi) is 2.26. The van der Waals surface area contributed by atoms with Crippen molar-refractivity contribution in [1.29, 1.82) is 0 Å². The van der Waals surface area contributed by atoms with Gasteiger partial charge >= 0.3 is 0 Å². The molecule has 0 atom stereocenters. The summed E-state index contributed by atoms with van der Waals surface area (Å²) in [5.74, 6) is 0.764. The lowest BCUT2D eigenvalue weighted by atomic mass is 9.84. The fraction of sp³-hybridized carbons (Fsp3) is 0.700. The first kappa shape index (κ1) is 7.99. The monoisotopic (exact) mass is 165 g/mol. The van der Waals surface area contributed by atoms with Crippen LogP contribution in [0.4, 0.5) is 0 Å². The molecule has 0 spiro atoms. The van der Waals surface area contributed by atoms with E-state index in [4.69, 9.17) is 0 Å². The van der Waals surface area contributed by atoms with E-state index in [1.54, 1.807) is 0 Å². The third kappa shape index (κ3) is 1.44. The number of Topliss-reactive ketones (excluding diaryl/α,β-unsaturated/α-hetero) is 1. The summed E-state index contributed by atoms with van der Waals surface area (Å²) in [6.07, 6.45) is 6.31. The summed E-state index contributed by atoms with van der Waals surface area (Å²) in [4.78, 5) is 11.7. The van der Waals surface area contributed by atoms with E-state index in [2.05, 4.69) is 11.4 Å². The van der Waals surface area contributed by atoms with E-state index >= 15 is 0 Å². The maximum atomic E-state index is 11.7. The molecule has 1 fully saturated rings. The highest BCUT2D eigenvalue weighted by atomic mass is 16.1. The first-order chi connectivity index (χ1) is 5.88. The van der Waals surface area contributed by atoms with E-state index in [1.165, 1.54) is 0 Å². The molecule has 1 saturated heterocycles. The molecule has 66 valence electrons. The van der Waals surface area contributed by atoms with Crippen LogP contribution in [0.25, 0.3) is 0 Å². The Morgan fingerprint density at radius 1 is 1.42 bits per heavy atom. The van der Waals surface area contributed by atoms with E-state index in [1.807, 2.05) is 0 Å². The van der Waals surface area contributed by atoms with Crippen LogP contribution in [0.15, 0.2) is 11.6 Å². The number of hydrogen-bond donors (Lipinski definition) is 1.